The van der Waals surface area contributed by atoms with Gasteiger partial charge in [0.2, 0.25) is 6.79 Å². The van der Waals surface area contributed by atoms with Gasteiger partial charge < -0.3 is 29.4 Å². The highest BCUT2D eigenvalue weighted by atomic mass is 35.5. The normalized spacial score (nSPS) is 18.5. The van der Waals surface area contributed by atoms with E-state index in [1.54, 1.807) is 24.4 Å². The molecule has 182 valence electrons. The van der Waals surface area contributed by atoms with E-state index in [0.717, 1.165) is 28.3 Å². The zero-order valence-corrected chi connectivity index (χ0v) is 21.2. The molecule has 0 aliphatic carbocycles. The van der Waals surface area contributed by atoms with Gasteiger partial charge in [-0.1, -0.05) is 17.7 Å². The van der Waals surface area contributed by atoms with Crippen LogP contribution in [0.25, 0.3) is 5.69 Å². The summed E-state index contributed by atoms with van der Waals surface area (Å²) in [6.45, 7) is 4.25. The van der Waals surface area contributed by atoms with Crippen molar-refractivity contribution in [2.24, 2.45) is 0 Å². The van der Waals surface area contributed by atoms with Crippen molar-refractivity contribution in [3.8, 4) is 22.9 Å². The Bertz CT molecular complexity index is 1490. The van der Waals surface area contributed by atoms with Crippen LogP contribution in [0.2, 0.25) is 5.02 Å². The molecule has 0 bridgehead atoms. The number of benzene rings is 2. The molecule has 2 aliphatic heterocycles. The van der Waals surface area contributed by atoms with E-state index in [1.807, 2.05) is 54.8 Å². The molecule has 1 fully saturated rings. The number of phenolic OH excluding ortho intramolecular Hbond substituents is 1. The molecular weight excluding hydrogens is 496 g/mol. The Morgan fingerprint density at radius 1 is 1.06 bits per heavy atom. The van der Waals surface area contributed by atoms with Crippen molar-refractivity contribution >= 4 is 34.6 Å². The highest BCUT2D eigenvalue weighted by Gasteiger charge is 2.42. The van der Waals surface area contributed by atoms with Crippen LogP contribution in [0, 0.1) is 13.8 Å². The Morgan fingerprint density at radius 3 is 2.69 bits per heavy atom. The van der Waals surface area contributed by atoms with Gasteiger partial charge in [0.15, 0.2) is 16.6 Å². The quantitative estimate of drug-likeness (QED) is 0.333. The van der Waals surface area contributed by atoms with Crippen LogP contribution in [-0.4, -0.2) is 26.6 Å². The number of nitrogens with one attached hydrogen (secondary N) is 1. The number of hydrogen-bond donors (Lipinski definition) is 2. The van der Waals surface area contributed by atoms with Crippen molar-refractivity contribution in [2.45, 2.75) is 25.9 Å². The molecule has 1 saturated heterocycles. The van der Waals surface area contributed by atoms with Crippen molar-refractivity contribution in [2.75, 3.05) is 11.7 Å². The molecule has 7 nitrogen and oxygen atoms in total. The molecule has 2 unspecified atom stereocenters. The molecule has 36 heavy (non-hydrogen) atoms. The van der Waals surface area contributed by atoms with Gasteiger partial charge in [0.25, 0.3) is 0 Å². The largest absolute Gasteiger partial charge is 0.506 e. The first-order valence-electron chi connectivity index (χ1n) is 11.5. The molecule has 0 amide bonds. The first-order chi connectivity index (χ1) is 17.4. The summed E-state index contributed by atoms with van der Waals surface area (Å²) in [5, 5.41) is 15.3. The Kier molecular flexibility index (Phi) is 5.50. The van der Waals surface area contributed by atoms with Gasteiger partial charge in [-0.25, -0.2) is 0 Å². The second-order valence-corrected chi connectivity index (χ2v) is 9.65. The lowest BCUT2D eigenvalue weighted by molar-refractivity contribution is 0.174. The molecule has 6 rings (SSSR count). The summed E-state index contributed by atoms with van der Waals surface area (Å²) in [5.41, 5.74) is 5.37. The number of ether oxygens (including phenoxy) is 2. The minimum Gasteiger partial charge on any atom is -0.506 e. The third kappa shape index (κ3) is 3.65. The van der Waals surface area contributed by atoms with Crippen LogP contribution in [-0.2, 0) is 0 Å². The summed E-state index contributed by atoms with van der Waals surface area (Å²) < 4.78 is 13.2. The summed E-state index contributed by atoms with van der Waals surface area (Å²) >= 11 is 12.2. The average Bonchev–Trinajstić information content (AvgIpc) is 3.56. The van der Waals surface area contributed by atoms with E-state index in [2.05, 4.69) is 21.3 Å². The molecule has 0 spiro atoms. The van der Waals surface area contributed by atoms with Crippen LogP contribution >= 0.6 is 23.8 Å². The van der Waals surface area contributed by atoms with E-state index in [1.165, 1.54) is 0 Å². The maximum Gasteiger partial charge on any atom is 0.231 e. The molecule has 4 aromatic rings. The monoisotopic (exact) mass is 518 g/mol. The standard InChI is InChI=1S/C27H23ClN4O3S/c1-15-11-19(16(2)31(15)21-12-17(28)6-8-22(21)33)26-25(20-5-3-4-10-29-20)30-27(36)32(26)18-7-9-23-24(13-18)35-14-34-23/h3-13,25-26,33H,14H2,1-2H3,(H,30,36). The van der Waals surface area contributed by atoms with Crippen LogP contribution in [0.5, 0.6) is 17.2 Å². The highest BCUT2D eigenvalue weighted by Crippen LogP contribution is 2.46. The topological polar surface area (TPSA) is 71.8 Å². The van der Waals surface area contributed by atoms with Crippen molar-refractivity contribution in [3.05, 3.63) is 94.5 Å². The van der Waals surface area contributed by atoms with Crippen molar-refractivity contribution < 1.29 is 14.6 Å². The van der Waals surface area contributed by atoms with Crippen LogP contribution in [0.15, 0.2) is 66.9 Å². The van der Waals surface area contributed by atoms with E-state index in [0.29, 0.717) is 27.3 Å². The number of pyridine rings is 1. The summed E-state index contributed by atoms with van der Waals surface area (Å²) in [6.07, 6.45) is 1.79. The lowest BCUT2D eigenvalue weighted by Gasteiger charge is -2.28. The number of aromatic nitrogens is 2. The smallest absolute Gasteiger partial charge is 0.231 e. The summed E-state index contributed by atoms with van der Waals surface area (Å²) in [5.74, 6) is 1.55. The maximum absolute atomic E-state index is 10.6. The predicted molar refractivity (Wildman–Crippen MR) is 142 cm³/mol. The molecule has 0 saturated carbocycles. The summed E-state index contributed by atoms with van der Waals surface area (Å²) in [4.78, 5) is 6.74. The summed E-state index contributed by atoms with van der Waals surface area (Å²) in [6, 6.07) is 18.5. The van der Waals surface area contributed by atoms with E-state index < -0.39 is 0 Å². The number of thiocarbonyl (C=S) groups is 1. The Balaban J connectivity index is 1.53. The van der Waals surface area contributed by atoms with Gasteiger partial charge in [-0.05, 0) is 80.2 Å². The van der Waals surface area contributed by atoms with E-state index in [4.69, 9.17) is 33.3 Å². The number of halogens is 1. The van der Waals surface area contributed by atoms with E-state index in [9.17, 15) is 5.11 Å². The molecule has 2 atom stereocenters. The van der Waals surface area contributed by atoms with Gasteiger partial charge in [0.05, 0.1) is 23.5 Å². The number of anilines is 1. The molecule has 4 heterocycles. The second-order valence-electron chi connectivity index (χ2n) is 8.83. The van der Waals surface area contributed by atoms with Crippen LogP contribution in [0.1, 0.15) is 34.7 Å². The number of aromatic hydroxyl groups is 1. The number of aryl methyl sites for hydroxylation is 1. The van der Waals surface area contributed by atoms with Crippen molar-refractivity contribution in [3.63, 3.8) is 0 Å². The highest BCUT2D eigenvalue weighted by molar-refractivity contribution is 7.80. The Labute approximate surface area is 218 Å². The number of hydrogen-bond acceptors (Lipinski definition) is 5. The van der Waals surface area contributed by atoms with E-state index in [-0.39, 0.29) is 24.6 Å². The minimum atomic E-state index is -0.214. The molecule has 2 aliphatic rings. The van der Waals surface area contributed by atoms with Gasteiger partial charge >= 0.3 is 0 Å². The second kappa shape index (κ2) is 8.72. The fraction of sp³-hybridized carbons (Fsp3) is 0.185. The number of rotatable bonds is 4. The lowest BCUT2D eigenvalue weighted by atomic mass is 9.96. The van der Waals surface area contributed by atoms with Crippen molar-refractivity contribution in [1.29, 1.82) is 0 Å². The number of fused-ring (bicyclic) bond motifs is 1. The Morgan fingerprint density at radius 2 is 1.89 bits per heavy atom. The van der Waals surface area contributed by atoms with Gasteiger partial charge in [0, 0.05) is 34.4 Å². The van der Waals surface area contributed by atoms with Gasteiger partial charge in [-0.3, -0.25) is 4.98 Å². The summed E-state index contributed by atoms with van der Waals surface area (Å²) in [7, 11) is 0. The molecule has 2 aromatic heterocycles. The lowest BCUT2D eigenvalue weighted by Crippen LogP contribution is -2.29. The van der Waals surface area contributed by atoms with Crippen LogP contribution in [0.4, 0.5) is 5.69 Å². The van der Waals surface area contributed by atoms with Gasteiger partial charge in [-0.15, -0.1) is 0 Å². The first-order valence-corrected chi connectivity index (χ1v) is 12.3. The minimum absolute atomic E-state index is 0.154. The third-order valence-corrected chi connectivity index (χ3v) is 7.25. The SMILES string of the molecule is Cc1cc(C2C(c3ccccn3)NC(=S)N2c2ccc3c(c2)OCO3)c(C)n1-c1cc(Cl)ccc1O. The van der Waals surface area contributed by atoms with Crippen molar-refractivity contribution in [1.82, 2.24) is 14.9 Å². The molecule has 0 radical (unpaired) electrons. The number of phenols is 1. The van der Waals surface area contributed by atoms with Gasteiger partial charge in [-0.2, -0.15) is 0 Å². The fourth-order valence-corrected chi connectivity index (χ4v) is 5.63. The third-order valence-electron chi connectivity index (χ3n) is 6.70. The molecule has 2 aromatic carbocycles. The molecule has 9 heteroatoms. The van der Waals surface area contributed by atoms with Crippen LogP contribution in [0.3, 0.4) is 0 Å². The van der Waals surface area contributed by atoms with E-state index >= 15 is 0 Å². The van der Waals surface area contributed by atoms with Crippen LogP contribution < -0.4 is 19.7 Å². The average molecular weight is 519 g/mol. The first kappa shape index (κ1) is 22.7. The maximum atomic E-state index is 10.6. The zero-order valence-electron chi connectivity index (χ0n) is 19.6. The number of nitrogens with zero attached hydrogens (tertiary/aromatic N) is 3. The predicted octanol–water partition coefficient (Wildman–Crippen LogP) is 5.75. The zero-order chi connectivity index (χ0) is 25.0. The van der Waals surface area contributed by atoms with Gasteiger partial charge in [0.1, 0.15) is 5.75 Å². The molecule has 2 N–H and O–H groups in total. The molecular formula is C27H23ClN4O3S. The Hall–Kier alpha value is -3.75. The fourth-order valence-electron chi connectivity index (χ4n) is 5.12.